The molecule has 4 heteroatoms. The maximum absolute atomic E-state index is 12.3. The van der Waals surface area contributed by atoms with Crippen LogP contribution in [-0.4, -0.2) is 13.0 Å². The van der Waals surface area contributed by atoms with Crippen molar-refractivity contribution in [2.45, 2.75) is 13.5 Å². The Balaban J connectivity index is 2.27. The average Bonchev–Trinajstić information content (AvgIpc) is 2.49. The molecule has 20 heavy (non-hydrogen) atoms. The number of nitrogens with two attached hydrogens (primary N) is 1. The van der Waals surface area contributed by atoms with Crippen molar-refractivity contribution in [3.8, 4) is 5.75 Å². The van der Waals surface area contributed by atoms with Gasteiger partial charge in [0.2, 0.25) is 0 Å². The first-order valence-corrected chi connectivity index (χ1v) is 6.39. The van der Waals surface area contributed by atoms with Gasteiger partial charge in [-0.25, -0.2) is 0 Å². The number of benzene rings is 2. The number of amides is 1. The number of nitrogens with one attached hydrogen (secondary N) is 1. The number of methoxy groups -OCH3 is 1. The average molecular weight is 270 g/mol. The molecule has 0 saturated heterocycles. The molecule has 0 saturated carbocycles. The molecule has 0 bridgehead atoms. The van der Waals surface area contributed by atoms with E-state index in [1.165, 1.54) is 0 Å². The summed E-state index contributed by atoms with van der Waals surface area (Å²) in [6.45, 7) is 2.38. The molecule has 2 aromatic rings. The van der Waals surface area contributed by atoms with Gasteiger partial charge in [-0.05, 0) is 36.2 Å². The largest absolute Gasteiger partial charge is 0.496 e. The highest BCUT2D eigenvalue weighted by Crippen LogP contribution is 2.21. The number of para-hydroxylation sites is 1. The molecule has 0 fully saturated rings. The van der Waals surface area contributed by atoms with Crippen LogP contribution in [0.5, 0.6) is 5.75 Å². The summed E-state index contributed by atoms with van der Waals surface area (Å²) in [5.74, 6) is 0.359. The van der Waals surface area contributed by atoms with Gasteiger partial charge in [-0.15, -0.1) is 0 Å². The molecule has 0 radical (unpaired) electrons. The second-order valence-electron chi connectivity index (χ2n) is 4.51. The van der Waals surface area contributed by atoms with Crippen LogP contribution in [0.2, 0.25) is 0 Å². The third kappa shape index (κ3) is 2.97. The first-order chi connectivity index (χ1) is 9.65. The van der Waals surface area contributed by atoms with Crippen molar-refractivity contribution in [2.24, 2.45) is 5.73 Å². The van der Waals surface area contributed by atoms with Gasteiger partial charge < -0.3 is 15.8 Å². The fourth-order valence-electron chi connectivity index (χ4n) is 1.95. The third-order valence-electron chi connectivity index (χ3n) is 3.14. The predicted octanol–water partition coefficient (Wildman–Crippen LogP) is 2.71. The van der Waals surface area contributed by atoms with Gasteiger partial charge in [-0.3, -0.25) is 4.79 Å². The Labute approximate surface area is 118 Å². The SMILES string of the molecule is COc1ccccc1C(=O)Nc1cc(CN)ccc1C. The van der Waals surface area contributed by atoms with Crippen LogP contribution in [-0.2, 0) is 6.54 Å². The number of hydrogen-bond acceptors (Lipinski definition) is 3. The highest BCUT2D eigenvalue weighted by Gasteiger charge is 2.12. The molecule has 0 heterocycles. The second kappa shape index (κ2) is 6.21. The molecule has 0 unspecified atom stereocenters. The number of carbonyl (C=O) groups excluding carboxylic acids is 1. The third-order valence-corrected chi connectivity index (χ3v) is 3.14. The van der Waals surface area contributed by atoms with Crippen LogP contribution >= 0.6 is 0 Å². The molecular weight excluding hydrogens is 252 g/mol. The van der Waals surface area contributed by atoms with Crippen molar-refractivity contribution >= 4 is 11.6 Å². The molecule has 2 rings (SSSR count). The second-order valence-corrected chi connectivity index (χ2v) is 4.51. The normalized spacial score (nSPS) is 10.2. The maximum atomic E-state index is 12.3. The number of anilines is 1. The van der Waals surface area contributed by atoms with Gasteiger partial charge >= 0.3 is 0 Å². The molecule has 104 valence electrons. The van der Waals surface area contributed by atoms with Crippen molar-refractivity contribution in [1.82, 2.24) is 0 Å². The van der Waals surface area contributed by atoms with E-state index in [1.807, 2.05) is 31.2 Å². The van der Waals surface area contributed by atoms with E-state index in [2.05, 4.69) is 5.32 Å². The first kappa shape index (κ1) is 14.1. The van der Waals surface area contributed by atoms with Gasteiger partial charge in [0.15, 0.2) is 0 Å². The van der Waals surface area contributed by atoms with E-state index >= 15 is 0 Å². The Kier molecular flexibility index (Phi) is 4.38. The van der Waals surface area contributed by atoms with E-state index in [1.54, 1.807) is 25.3 Å². The van der Waals surface area contributed by atoms with Crippen LogP contribution in [0, 0.1) is 6.92 Å². The maximum Gasteiger partial charge on any atom is 0.259 e. The fraction of sp³-hybridized carbons (Fsp3) is 0.188. The molecular formula is C16H18N2O2. The lowest BCUT2D eigenvalue weighted by Gasteiger charge is -2.12. The van der Waals surface area contributed by atoms with E-state index in [0.29, 0.717) is 17.9 Å². The predicted molar refractivity (Wildman–Crippen MR) is 80.0 cm³/mol. The summed E-state index contributed by atoms with van der Waals surface area (Å²) in [4.78, 5) is 12.3. The summed E-state index contributed by atoms with van der Waals surface area (Å²) < 4.78 is 5.20. The molecule has 0 spiro atoms. The Hall–Kier alpha value is -2.33. The molecule has 4 nitrogen and oxygen atoms in total. The van der Waals surface area contributed by atoms with Crippen molar-refractivity contribution < 1.29 is 9.53 Å². The van der Waals surface area contributed by atoms with Crippen LogP contribution in [0.1, 0.15) is 21.5 Å². The Morgan fingerprint density at radius 2 is 2.00 bits per heavy atom. The van der Waals surface area contributed by atoms with Gasteiger partial charge in [-0.2, -0.15) is 0 Å². The Morgan fingerprint density at radius 3 is 2.70 bits per heavy atom. The summed E-state index contributed by atoms with van der Waals surface area (Å²) in [5, 5.41) is 2.90. The minimum absolute atomic E-state index is 0.195. The summed E-state index contributed by atoms with van der Waals surface area (Å²) in [6.07, 6.45) is 0. The van der Waals surface area contributed by atoms with E-state index in [4.69, 9.17) is 10.5 Å². The number of carbonyl (C=O) groups is 1. The molecule has 1 amide bonds. The van der Waals surface area contributed by atoms with Crippen molar-refractivity contribution in [2.75, 3.05) is 12.4 Å². The minimum Gasteiger partial charge on any atom is -0.496 e. The van der Waals surface area contributed by atoms with Crippen LogP contribution < -0.4 is 15.8 Å². The van der Waals surface area contributed by atoms with E-state index < -0.39 is 0 Å². The lowest BCUT2D eigenvalue weighted by Crippen LogP contribution is -2.14. The quantitative estimate of drug-likeness (QED) is 0.897. The van der Waals surface area contributed by atoms with Gasteiger partial charge in [0.1, 0.15) is 5.75 Å². The van der Waals surface area contributed by atoms with Crippen LogP contribution in [0.25, 0.3) is 0 Å². The minimum atomic E-state index is -0.195. The number of hydrogen-bond donors (Lipinski definition) is 2. The van der Waals surface area contributed by atoms with Crippen molar-refractivity contribution in [3.63, 3.8) is 0 Å². The zero-order valence-corrected chi connectivity index (χ0v) is 11.6. The molecule has 0 atom stereocenters. The first-order valence-electron chi connectivity index (χ1n) is 6.39. The summed E-state index contributed by atoms with van der Waals surface area (Å²) >= 11 is 0. The van der Waals surface area contributed by atoms with Gasteiger partial charge in [0, 0.05) is 12.2 Å². The lowest BCUT2D eigenvalue weighted by atomic mass is 10.1. The van der Waals surface area contributed by atoms with Gasteiger partial charge in [-0.1, -0.05) is 24.3 Å². The Bertz CT molecular complexity index is 624. The number of rotatable bonds is 4. The Morgan fingerprint density at radius 1 is 1.25 bits per heavy atom. The monoisotopic (exact) mass is 270 g/mol. The standard InChI is InChI=1S/C16H18N2O2/c1-11-7-8-12(10-17)9-14(11)18-16(19)13-5-3-4-6-15(13)20-2/h3-9H,10,17H2,1-2H3,(H,18,19). The summed E-state index contributed by atoms with van der Waals surface area (Å²) in [7, 11) is 1.55. The molecule has 0 aliphatic heterocycles. The zero-order chi connectivity index (χ0) is 14.5. The molecule has 0 aliphatic carbocycles. The van der Waals surface area contributed by atoms with E-state index in [9.17, 15) is 4.79 Å². The molecule has 0 aromatic heterocycles. The number of ether oxygens (including phenoxy) is 1. The van der Waals surface area contributed by atoms with Crippen LogP contribution in [0.3, 0.4) is 0 Å². The van der Waals surface area contributed by atoms with Crippen LogP contribution in [0.15, 0.2) is 42.5 Å². The number of aryl methyl sites for hydroxylation is 1. The summed E-state index contributed by atoms with van der Waals surface area (Å²) in [6, 6.07) is 12.9. The van der Waals surface area contributed by atoms with E-state index in [0.717, 1.165) is 16.8 Å². The molecule has 2 aromatic carbocycles. The fourth-order valence-corrected chi connectivity index (χ4v) is 1.95. The van der Waals surface area contributed by atoms with E-state index in [-0.39, 0.29) is 5.91 Å². The highest BCUT2D eigenvalue weighted by molar-refractivity contribution is 6.06. The van der Waals surface area contributed by atoms with Gasteiger partial charge in [0.25, 0.3) is 5.91 Å². The summed E-state index contributed by atoms with van der Waals surface area (Å²) in [5.41, 5.74) is 8.87. The zero-order valence-electron chi connectivity index (χ0n) is 11.6. The smallest absolute Gasteiger partial charge is 0.259 e. The topological polar surface area (TPSA) is 64.3 Å². The molecule has 0 aliphatic rings. The van der Waals surface area contributed by atoms with Crippen molar-refractivity contribution in [3.05, 3.63) is 59.2 Å². The molecule has 3 N–H and O–H groups in total. The van der Waals surface area contributed by atoms with Gasteiger partial charge in [0.05, 0.1) is 12.7 Å². The highest BCUT2D eigenvalue weighted by atomic mass is 16.5. The van der Waals surface area contributed by atoms with Crippen LogP contribution in [0.4, 0.5) is 5.69 Å². The van der Waals surface area contributed by atoms with Crippen molar-refractivity contribution in [1.29, 1.82) is 0 Å². The lowest BCUT2D eigenvalue weighted by molar-refractivity contribution is 0.102.